The first-order chi connectivity index (χ1) is 10.8. The van der Waals surface area contributed by atoms with Gasteiger partial charge in [-0.1, -0.05) is 83.1 Å². The summed E-state index contributed by atoms with van der Waals surface area (Å²) in [6, 6.07) is 8.25. The molecule has 0 saturated heterocycles. The van der Waals surface area contributed by atoms with Crippen LogP contribution >= 0.6 is 0 Å². The molecule has 0 N–H and O–H groups in total. The zero-order valence-corrected chi connectivity index (χ0v) is 14.4. The van der Waals surface area contributed by atoms with Crippen molar-refractivity contribution >= 4 is 5.97 Å². The van der Waals surface area contributed by atoms with Gasteiger partial charge in [-0.25, -0.2) is 0 Å². The lowest BCUT2D eigenvalue weighted by Crippen LogP contribution is -2.06. The van der Waals surface area contributed by atoms with Crippen LogP contribution in [0.3, 0.4) is 0 Å². The molecule has 124 valence electrons. The molecule has 0 radical (unpaired) electrons. The maximum Gasteiger partial charge on any atom is 0.306 e. The van der Waals surface area contributed by atoms with Crippen molar-refractivity contribution in [2.45, 2.75) is 84.7 Å². The summed E-state index contributed by atoms with van der Waals surface area (Å²) in [6.45, 7) is 4.82. The van der Waals surface area contributed by atoms with Gasteiger partial charge in [0.2, 0.25) is 0 Å². The van der Waals surface area contributed by atoms with Crippen molar-refractivity contribution in [1.82, 2.24) is 0 Å². The van der Waals surface area contributed by atoms with Crippen LogP contribution in [0.5, 0.6) is 0 Å². The molecule has 2 heteroatoms. The maximum atomic E-state index is 11.8. The monoisotopic (exact) mass is 304 g/mol. The van der Waals surface area contributed by atoms with Gasteiger partial charge in [0.15, 0.2) is 0 Å². The van der Waals surface area contributed by atoms with Crippen molar-refractivity contribution in [2.75, 3.05) is 0 Å². The lowest BCUT2D eigenvalue weighted by Gasteiger charge is -2.09. The van der Waals surface area contributed by atoms with E-state index in [0.29, 0.717) is 13.0 Å². The van der Waals surface area contributed by atoms with Gasteiger partial charge < -0.3 is 4.74 Å². The minimum atomic E-state index is -0.0557. The Morgan fingerprint density at radius 3 is 2.18 bits per heavy atom. The Hall–Kier alpha value is -1.31. The van der Waals surface area contributed by atoms with Gasteiger partial charge in [-0.2, -0.15) is 0 Å². The standard InChI is InChI=1S/C20H32O2/c1-3-5-6-7-8-9-10-16-20(21)22-17-19-15-12-11-14-18(19)13-4-2/h11-12,14-15H,3-10,13,16-17H2,1-2H3. The second kappa shape index (κ2) is 12.3. The minimum Gasteiger partial charge on any atom is -0.461 e. The molecule has 0 aliphatic heterocycles. The Kier molecular flexibility index (Phi) is 10.4. The number of esters is 1. The van der Waals surface area contributed by atoms with Crippen LogP contribution in [0.4, 0.5) is 0 Å². The van der Waals surface area contributed by atoms with Gasteiger partial charge >= 0.3 is 5.97 Å². The molecular formula is C20H32O2. The van der Waals surface area contributed by atoms with Gasteiger partial charge in [0.05, 0.1) is 0 Å². The third-order valence-electron chi connectivity index (χ3n) is 4.01. The highest BCUT2D eigenvalue weighted by molar-refractivity contribution is 5.69. The average Bonchev–Trinajstić information content (AvgIpc) is 2.53. The summed E-state index contributed by atoms with van der Waals surface area (Å²) in [7, 11) is 0. The van der Waals surface area contributed by atoms with E-state index in [2.05, 4.69) is 32.0 Å². The Bertz CT molecular complexity index is 412. The van der Waals surface area contributed by atoms with Crippen molar-refractivity contribution in [1.29, 1.82) is 0 Å². The fourth-order valence-corrected chi connectivity index (χ4v) is 2.67. The van der Waals surface area contributed by atoms with Crippen LogP contribution in [0.25, 0.3) is 0 Å². The second-order valence-electron chi connectivity index (χ2n) is 6.05. The Morgan fingerprint density at radius 2 is 1.50 bits per heavy atom. The number of unbranched alkanes of at least 4 members (excludes halogenated alkanes) is 6. The lowest BCUT2D eigenvalue weighted by atomic mass is 10.0. The molecule has 0 saturated carbocycles. The second-order valence-corrected chi connectivity index (χ2v) is 6.05. The molecule has 2 nitrogen and oxygen atoms in total. The predicted octanol–water partition coefficient (Wildman–Crippen LogP) is 5.82. The number of aryl methyl sites for hydroxylation is 1. The zero-order chi connectivity index (χ0) is 16.0. The van der Waals surface area contributed by atoms with Crippen LogP contribution in [0.1, 0.15) is 82.8 Å². The molecule has 0 unspecified atom stereocenters. The van der Waals surface area contributed by atoms with Gasteiger partial charge in [0.25, 0.3) is 0 Å². The number of carbonyl (C=O) groups is 1. The molecule has 0 aliphatic rings. The molecule has 0 atom stereocenters. The van der Waals surface area contributed by atoms with Gasteiger partial charge in [-0.05, 0) is 24.0 Å². The molecule has 22 heavy (non-hydrogen) atoms. The largest absolute Gasteiger partial charge is 0.461 e. The van der Waals surface area contributed by atoms with Crippen LogP contribution in [-0.2, 0) is 22.6 Å². The molecule has 0 amide bonds. The van der Waals surface area contributed by atoms with Crippen LogP contribution in [0.2, 0.25) is 0 Å². The number of rotatable bonds is 12. The van der Waals surface area contributed by atoms with Crippen LogP contribution < -0.4 is 0 Å². The molecule has 1 aromatic carbocycles. The van der Waals surface area contributed by atoms with Crippen molar-refractivity contribution in [2.24, 2.45) is 0 Å². The maximum absolute atomic E-state index is 11.8. The van der Waals surface area contributed by atoms with Gasteiger partial charge in [0, 0.05) is 6.42 Å². The molecule has 0 aliphatic carbocycles. The van der Waals surface area contributed by atoms with Crippen molar-refractivity contribution in [3.8, 4) is 0 Å². The van der Waals surface area contributed by atoms with Gasteiger partial charge in [0.1, 0.15) is 6.61 Å². The van der Waals surface area contributed by atoms with Crippen molar-refractivity contribution in [3.63, 3.8) is 0 Å². The van der Waals surface area contributed by atoms with E-state index in [-0.39, 0.29) is 5.97 Å². The van der Waals surface area contributed by atoms with Gasteiger partial charge in [-0.3, -0.25) is 4.79 Å². The molecule has 1 rings (SSSR count). The number of ether oxygens (including phenoxy) is 1. The molecule has 0 heterocycles. The molecule has 1 aromatic rings. The van der Waals surface area contributed by atoms with Crippen LogP contribution in [0.15, 0.2) is 24.3 Å². The Morgan fingerprint density at radius 1 is 0.864 bits per heavy atom. The topological polar surface area (TPSA) is 26.3 Å². The van der Waals surface area contributed by atoms with E-state index < -0.39 is 0 Å². The smallest absolute Gasteiger partial charge is 0.306 e. The highest BCUT2D eigenvalue weighted by Gasteiger charge is 2.06. The number of carbonyl (C=O) groups excluding carboxylic acids is 1. The highest BCUT2D eigenvalue weighted by atomic mass is 16.5. The average molecular weight is 304 g/mol. The highest BCUT2D eigenvalue weighted by Crippen LogP contribution is 2.13. The summed E-state index contributed by atoms with van der Waals surface area (Å²) < 4.78 is 5.42. The van der Waals surface area contributed by atoms with E-state index in [4.69, 9.17) is 4.74 Å². The summed E-state index contributed by atoms with van der Waals surface area (Å²) in [5.74, 6) is -0.0557. The summed E-state index contributed by atoms with van der Waals surface area (Å²) in [4.78, 5) is 11.8. The quantitative estimate of drug-likeness (QED) is 0.359. The fourth-order valence-electron chi connectivity index (χ4n) is 2.67. The van der Waals surface area contributed by atoms with E-state index in [1.807, 2.05) is 6.07 Å². The summed E-state index contributed by atoms with van der Waals surface area (Å²) >= 11 is 0. The Balaban J connectivity index is 2.15. The lowest BCUT2D eigenvalue weighted by molar-refractivity contribution is -0.145. The number of benzene rings is 1. The van der Waals surface area contributed by atoms with E-state index in [1.165, 1.54) is 37.7 Å². The van der Waals surface area contributed by atoms with Crippen molar-refractivity contribution < 1.29 is 9.53 Å². The molecule has 0 spiro atoms. The SMILES string of the molecule is CCCCCCCCCC(=O)OCc1ccccc1CCC. The first-order valence-electron chi connectivity index (χ1n) is 9.00. The first-order valence-corrected chi connectivity index (χ1v) is 9.00. The summed E-state index contributed by atoms with van der Waals surface area (Å²) in [5.41, 5.74) is 2.45. The fraction of sp³-hybridized carbons (Fsp3) is 0.650. The number of hydrogen-bond acceptors (Lipinski definition) is 2. The summed E-state index contributed by atoms with van der Waals surface area (Å²) in [5, 5.41) is 0. The minimum absolute atomic E-state index is 0.0557. The Labute approximate surface area is 136 Å². The number of hydrogen-bond donors (Lipinski definition) is 0. The molecule has 0 bridgehead atoms. The first kappa shape index (κ1) is 18.7. The summed E-state index contributed by atoms with van der Waals surface area (Å²) in [6.07, 6.45) is 11.3. The van der Waals surface area contributed by atoms with Crippen molar-refractivity contribution in [3.05, 3.63) is 35.4 Å². The zero-order valence-electron chi connectivity index (χ0n) is 14.4. The van der Waals surface area contributed by atoms with E-state index in [1.54, 1.807) is 0 Å². The molecule has 0 aromatic heterocycles. The predicted molar refractivity (Wildman–Crippen MR) is 92.8 cm³/mol. The van der Waals surface area contributed by atoms with Crippen LogP contribution in [0, 0.1) is 0 Å². The van der Waals surface area contributed by atoms with Crippen LogP contribution in [-0.4, -0.2) is 5.97 Å². The van der Waals surface area contributed by atoms with E-state index >= 15 is 0 Å². The third kappa shape index (κ3) is 8.21. The van der Waals surface area contributed by atoms with E-state index in [9.17, 15) is 4.79 Å². The van der Waals surface area contributed by atoms with Gasteiger partial charge in [-0.15, -0.1) is 0 Å². The molecular weight excluding hydrogens is 272 g/mol. The third-order valence-corrected chi connectivity index (χ3v) is 4.01. The molecule has 0 fully saturated rings. The normalized spacial score (nSPS) is 10.6. The van der Waals surface area contributed by atoms with E-state index in [0.717, 1.165) is 31.2 Å².